The first-order valence-corrected chi connectivity index (χ1v) is 5.89. The van der Waals surface area contributed by atoms with Crippen LogP contribution in [0.4, 0.5) is 0 Å². The molecule has 1 atom stereocenters. The maximum atomic E-state index is 6.18. The van der Waals surface area contributed by atoms with Crippen LogP contribution in [-0.2, 0) is 16.9 Å². The smallest absolute Gasteiger partial charge is 0.137 e. The lowest BCUT2D eigenvalue weighted by molar-refractivity contribution is 0.267. The van der Waals surface area contributed by atoms with Gasteiger partial charge >= 0.3 is 0 Å². The summed E-state index contributed by atoms with van der Waals surface area (Å²) in [5.41, 5.74) is 0.564. The average Bonchev–Trinajstić information content (AvgIpc) is 2.86. The summed E-state index contributed by atoms with van der Waals surface area (Å²) in [5.74, 6) is 0. The van der Waals surface area contributed by atoms with E-state index in [0.717, 1.165) is 5.56 Å². The fourth-order valence-electron chi connectivity index (χ4n) is 1.86. The SMILES string of the molecule is Clc1ccc(C2(Cn3ccnn3)CO2)c(Cl)c1. The van der Waals surface area contributed by atoms with Crippen LogP contribution in [0.25, 0.3) is 0 Å². The average molecular weight is 270 g/mol. The molecule has 1 aromatic heterocycles. The van der Waals surface area contributed by atoms with Crippen LogP contribution in [0.15, 0.2) is 30.6 Å². The summed E-state index contributed by atoms with van der Waals surface area (Å²) in [5, 5.41) is 8.94. The number of halogens is 2. The number of nitrogens with zero attached hydrogens (tertiary/aromatic N) is 3. The third kappa shape index (κ3) is 2.04. The van der Waals surface area contributed by atoms with Gasteiger partial charge in [0.2, 0.25) is 0 Å². The Morgan fingerprint density at radius 2 is 2.24 bits per heavy atom. The van der Waals surface area contributed by atoms with Crippen LogP contribution >= 0.6 is 23.2 Å². The molecule has 1 aliphatic rings. The molecule has 0 amide bonds. The summed E-state index contributed by atoms with van der Waals surface area (Å²) in [4.78, 5) is 0. The molecule has 17 heavy (non-hydrogen) atoms. The number of epoxide rings is 1. The van der Waals surface area contributed by atoms with Crippen LogP contribution in [0.1, 0.15) is 5.56 Å². The van der Waals surface area contributed by atoms with E-state index in [2.05, 4.69) is 10.3 Å². The molecule has 2 aromatic rings. The van der Waals surface area contributed by atoms with E-state index in [9.17, 15) is 0 Å². The van der Waals surface area contributed by atoms with Crippen molar-refractivity contribution < 1.29 is 4.74 Å². The molecule has 1 fully saturated rings. The van der Waals surface area contributed by atoms with Gasteiger partial charge in [0.15, 0.2) is 0 Å². The van der Waals surface area contributed by atoms with Gasteiger partial charge in [0, 0.05) is 21.8 Å². The normalized spacial score (nSPS) is 22.7. The summed E-state index contributed by atoms with van der Waals surface area (Å²) < 4.78 is 7.29. The summed E-state index contributed by atoms with van der Waals surface area (Å²) in [7, 11) is 0. The molecular formula is C11H9Cl2N3O. The summed E-state index contributed by atoms with van der Waals surface area (Å²) in [6.07, 6.45) is 3.44. The van der Waals surface area contributed by atoms with Crippen LogP contribution in [-0.4, -0.2) is 21.6 Å². The van der Waals surface area contributed by atoms with E-state index in [1.165, 1.54) is 0 Å². The second-order valence-electron chi connectivity index (χ2n) is 4.01. The molecule has 3 rings (SSSR count). The van der Waals surface area contributed by atoms with Crippen molar-refractivity contribution in [2.45, 2.75) is 12.1 Å². The zero-order chi connectivity index (χ0) is 11.9. The van der Waals surface area contributed by atoms with Crippen molar-refractivity contribution in [1.29, 1.82) is 0 Å². The van der Waals surface area contributed by atoms with Gasteiger partial charge in [-0.3, -0.25) is 0 Å². The Kier molecular flexibility index (Phi) is 2.58. The van der Waals surface area contributed by atoms with Crippen LogP contribution < -0.4 is 0 Å². The molecule has 88 valence electrons. The van der Waals surface area contributed by atoms with Crippen molar-refractivity contribution >= 4 is 23.2 Å². The number of hydrogen-bond acceptors (Lipinski definition) is 3. The zero-order valence-electron chi connectivity index (χ0n) is 8.81. The standard InChI is InChI=1S/C11H9Cl2N3O/c12-8-1-2-9(10(13)5-8)11(7-17-11)6-16-4-3-14-15-16/h1-5H,6-7H2. The maximum Gasteiger partial charge on any atom is 0.137 e. The minimum absolute atomic E-state index is 0.380. The lowest BCUT2D eigenvalue weighted by Gasteiger charge is -2.13. The molecule has 4 nitrogen and oxygen atoms in total. The molecule has 6 heteroatoms. The first-order valence-electron chi connectivity index (χ1n) is 5.13. The molecule has 0 spiro atoms. The Hall–Kier alpha value is -1.10. The van der Waals surface area contributed by atoms with Crippen molar-refractivity contribution in [1.82, 2.24) is 15.0 Å². The van der Waals surface area contributed by atoms with E-state index in [0.29, 0.717) is 23.2 Å². The van der Waals surface area contributed by atoms with Gasteiger partial charge in [0.25, 0.3) is 0 Å². The Bertz CT molecular complexity index is 538. The fourth-order valence-corrected chi connectivity index (χ4v) is 2.44. The van der Waals surface area contributed by atoms with Crippen molar-refractivity contribution in [3.8, 4) is 0 Å². The quantitative estimate of drug-likeness (QED) is 0.805. The van der Waals surface area contributed by atoms with Crippen LogP contribution in [0.5, 0.6) is 0 Å². The Morgan fingerprint density at radius 1 is 1.41 bits per heavy atom. The highest BCUT2D eigenvalue weighted by molar-refractivity contribution is 6.35. The van der Waals surface area contributed by atoms with E-state index in [-0.39, 0.29) is 5.60 Å². The first-order chi connectivity index (χ1) is 8.20. The highest BCUT2D eigenvalue weighted by Crippen LogP contribution is 2.43. The van der Waals surface area contributed by atoms with Gasteiger partial charge in [-0.15, -0.1) is 5.10 Å². The molecule has 1 aliphatic heterocycles. The maximum absolute atomic E-state index is 6.18. The molecular weight excluding hydrogens is 261 g/mol. The molecule has 0 radical (unpaired) electrons. The number of aromatic nitrogens is 3. The minimum Gasteiger partial charge on any atom is -0.362 e. The molecule has 0 N–H and O–H groups in total. The van der Waals surface area contributed by atoms with Gasteiger partial charge in [-0.1, -0.05) is 34.5 Å². The van der Waals surface area contributed by atoms with E-state index < -0.39 is 0 Å². The van der Waals surface area contributed by atoms with Gasteiger partial charge in [-0.05, 0) is 12.1 Å². The Morgan fingerprint density at radius 3 is 2.82 bits per heavy atom. The van der Waals surface area contributed by atoms with E-state index in [4.69, 9.17) is 27.9 Å². The van der Waals surface area contributed by atoms with E-state index >= 15 is 0 Å². The molecule has 0 aliphatic carbocycles. The largest absolute Gasteiger partial charge is 0.362 e. The monoisotopic (exact) mass is 269 g/mol. The first kappa shape index (κ1) is 11.0. The topological polar surface area (TPSA) is 43.2 Å². The number of rotatable bonds is 3. The van der Waals surface area contributed by atoms with Crippen molar-refractivity contribution in [2.24, 2.45) is 0 Å². The van der Waals surface area contributed by atoms with Crippen molar-refractivity contribution in [2.75, 3.05) is 6.61 Å². The van der Waals surface area contributed by atoms with Gasteiger partial charge < -0.3 is 4.74 Å². The lowest BCUT2D eigenvalue weighted by Crippen LogP contribution is -2.18. The molecule has 1 unspecified atom stereocenters. The predicted octanol–water partition coefficient (Wildman–Crippen LogP) is 2.51. The Labute approximate surface area is 108 Å². The van der Waals surface area contributed by atoms with Crippen LogP contribution in [0, 0.1) is 0 Å². The predicted molar refractivity (Wildman–Crippen MR) is 64.1 cm³/mol. The molecule has 2 heterocycles. The van der Waals surface area contributed by atoms with Gasteiger partial charge in [-0.2, -0.15) is 0 Å². The highest BCUT2D eigenvalue weighted by atomic mass is 35.5. The third-order valence-electron chi connectivity index (χ3n) is 2.80. The fraction of sp³-hybridized carbons (Fsp3) is 0.273. The minimum atomic E-state index is -0.380. The molecule has 1 saturated heterocycles. The zero-order valence-corrected chi connectivity index (χ0v) is 10.3. The summed E-state index contributed by atoms with van der Waals surface area (Å²) in [6, 6.07) is 5.44. The summed E-state index contributed by atoms with van der Waals surface area (Å²) >= 11 is 12.1. The summed E-state index contributed by atoms with van der Waals surface area (Å²) in [6.45, 7) is 1.24. The van der Waals surface area contributed by atoms with E-state index in [1.54, 1.807) is 23.1 Å². The molecule has 0 saturated carbocycles. The number of benzene rings is 1. The Balaban J connectivity index is 1.92. The van der Waals surface area contributed by atoms with Crippen LogP contribution in [0.2, 0.25) is 10.0 Å². The number of ether oxygens (including phenoxy) is 1. The van der Waals surface area contributed by atoms with E-state index in [1.807, 2.05) is 12.1 Å². The molecule has 0 bridgehead atoms. The van der Waals surface area contributed by atoms with Gasteiger partial charge in [0.1, 0.15) is 5.60 Å². The van der Waals surface area contributed by atoms with Crippen molar-refractivity contribution in [3.63, 3.8) is 0 Å². The number of hydrogen-bond donors (Lipinski definition) is 0. The van der Waals surface area contributed by atoms with Gasteiger partial charge in [-0.25, -0.2) is 4.68 Å². The second kappa shape index (κ2) is 3.98. The molecule has 1 aromatic carbocycles. The van der Waals surface area contributed by atoms with Crippen molar-refractivity contribution in [3.05, 3.63) is 46.2 Å². The highest BCUT2D eigenvalue weighted by Gasteiger charge is 2.48. The lowest BCUT2D eigenvalue weighted by atomic mass is 10.00. The second-order valence-corrected chi connectivity index (χ2v) is 4.85. The van der Waals surface area contributed by atoms with Crippen LogP contribution in [0.3, 0.4) is 0 Å². The van der Waals surface area contributed by atoms with Gasteiger partial charge in [0.05, 0.1) is 19.3 Å². The third-order valence-corrected chi connectivity index (χ3v) is 3.35.